The molecule has 0 fully saturated rings. The molecule has 1 rings (SSSR count). The van der Waals surface area contributed by atoms with Gasteiger partial charge in [-0.15, -0.1) is 0 Å². The number of benzene rings is 1. The Morgan fingerprint density at radius 3 is 2.29 bits per heavy atom. The van der Waals surface area contributed by atoms with Gasteiger partial charge in [0.15, 0.2) is 5.85 Å². The zero-order chi connectivity index (χ0) is 10.6. The summed E-state index contributed by atoms with van der Waals surface area (Å²) in [7, 11) is 2.76. The topological polar surface area (TPSA) is 35.5 Å². The maximum absolute atomic E-state index is 11.7. The van der Waals surface area contributed by atoms with Crippen LogP contribution in [0.15, 0.2) is 30.3 Å². The maximum Gasteiger partial charge on any atom is 0.322 e. The third-order valence-corrected chi connectivity index (χ3v) is 4.35. The van der Waals surface area contributed by atoms with Crippen molar-refractivity contribution in [3.05, 3.63) is 35.9 Å². The number of hydrogen-bond acceptors (Lipinski definition) is 3. The Balaban J connectivity index is 3.00. The molecule has 78 valence electrons. The fourth-order valence-corrected chi connectivity index (χ4v) is 2.70. The molecule has 0 aliphatic carbocycles. The molecule has 1 unspecified atom stereocenters. The molecule has 2 atom stereocenters. The minimum absolute atomic E-state index is 0.713. The van der Waals surface area contributed by atoms with Crippen molar-refractivity contribution < 1.29 is 13.8 Å². The summed E-state index contributed by atoms with van der Waals surface area (Å²) in [6, 6.07) is 9.11. The van der Waals surface area contributed by atoms with Crippen LogP contribution in [0.1, 0.15) is 11.4 Å². The first-order chi connectivity index (χ1) is 6.61. The molecular weight excluding hydrogens is 223 g/mol. The van der Waals surface area contributed by atoms with Crippen molar-refractivity contribution in [2.75, 3.05) is 14.2 Å². The van der Waals surface area contributed by atoms with Gasteiger partial charge in [0.05, 0.1) is 0 Å². The molecule has 0 heterocycles. The maximum atomic E-state index is 11.7. The molecule has 0 aromatic heterocycles. The van der Waals surface area contributed by atoms with Crippen LogP contribution in [0.5, 0.6) is 0 Å². The zero-order valence-corrected chi connectivity index (χ0v) is 9.66. The van der Waals surface area contributed by atoms with E-state index in [1.807, 2.05) is 18.2 Å². The molecule has 5 heteroatoms. The lowest BCUT2D eigenvalue weighted by Gasteiger charge is -2.19. The number of rotatable bonds is 4. The first-order valence-corrected chi connectivity index (χ1v) is 6.64. The van der Waals surface area contributed by atoms with E-state index in [4.69, 9.17) is 20.5 Å². The molecule has 0 bridgehead atoms. The van der Waals surface area contributed by atoms with Crippen LogP contribution in [0.3, 0.4) is 0 Å². The van der Waals surface area contributed by atoms with E-state index in [0.29, 0.717) is 0 Å². The second kappa shape index (κ2) is 4.94. The van der Waals surface area contributed by atoms with Crippen LogP contribution in [-0.2, 0) is 13.8 Å². The molecule has 1 aromatic rings. The average molecular weight is 235 g/mol. The Kier molecular flexibility index (Phi) is 4.14. The minimum atomic E-state index is -3.26. The highest BCUT2D eigenvalue weighted by Gasteiger charge is 2.32. The van der Waals surface area contributed by atoms with Crippen LogP contribution in [-0.4, -0.2) is 14.2 Å². The summed E-state index contributed by atoms with van der Waals surface area (Å²) in [6.07, 6.45) is 0. The van der Waals surface area contributed by atoms with E-state index in [2.05, 4.69) is 0 Å². The van der Waals surface area contributed by atoms with Crippen LogP contribution in [0.4, 0.5) is 0 Å². The predicted octanol–water partition coefficient (Wildman–Crippen LogP) is 3.41. The first-order valence-electron chi connectivity index (χ1n) is 4.04. The minimum Gasteiger partial charge on any atom is -0.365 e. The Bertz CT molecular complexity index is 328. The molecule has 0 saturated carbocycles. The highest BCUT2D eigenvalue weighted by molar-refractivity contribution is 7.85. The third-order valence-electron chi connectivity index (χ3n) is 1.84. The average Bonchev–Trinajstić information content (AvgIpc) is 2.20. The lowest BCUT2D eigenvalue weighted by molar-refractivity contribution is 0.153. The van der Waals surface area contributed by atoms with E-state index in [-0.39, 0.29) is 0 Å². The van der Waals surface area contributed by atoms with E-state index in [1.54, 1.807) is 12.1 Å². The number of halogens is 1. The van der Waals surface area contributed by atoms with Gasteiger partial charge in [0.25, 0.3) is 0 Å². The summed E-state index contributed by atoms with van der Waals surface area (Å²) < 4.78 is 21.5. The third kappa shape index (κ3) is 2.58. The van der Waals surface area contributed by atoms with Gasteiger partial charge in [-0.1, -0.05) is 30.3 Å². The molecule has 0 aliphatic rings. The van der Waals surface area contributed by atoms with Crippen LogP contribution >= 0.6 is 18.0 Å². The van der Waals surface area contributed by atoms with Crippen LogP contribution in [0.2, 0.25) is 0 Å². The first kappa shape index (κ1) is 11.7. The van der Waals surface area contributed by atoms with E-state index in [9.17, 15) is 4.57 Å². The molecule has 0 saturated heterocycles. The van der Waals surface area contributed by atoms with E-state index < -0.39 is 12.6 Å². The second-order valence-electron chi connectivity index (χ2n) is 2.70. The van der Waals surface area contributed by atoms with Crippen LogP contribution in [0, 0.1) is 0 Å². The van der Waals surface area contributed by atoms with Crippen molar-refractivity contribution >= 4 is 18.0 Å². The fourth-order valence-electron chi connectivity index (χ4n) is 1.15. The molecular formula is C9H12ClO3P. The van der Waals surface area contributed by atoms with Gasteiger partial charge in [-0.05, 0) is 16.8 Å². The summed E-state index contributed by atoms with van der Waals surface area (Å²) in [5.41, 5.74) is 0.746. The van der Waals surface area contributed by atoms with Gasteiger partial charge in [0.2, 0.25) is 0 Å². The van der Waals surface area contributed by atoms with E-state index in [1.165, 1.54) is 14.2 Å². The van der Waals surface area contributed by atoms with Crippen molar-refractivity contribution in [1.29, 1.82) is 0 Å². The van der Waals surface area contributed by atoms with Crippen LogP contribution < -0.4 is 0 Å². The Labute approximate surface area is 88.2 Å². The van der Waals surface area contributed by atoms with Crippen molar-refractivity contribution in [1.82, 2.24) is 0 Å². The predicted molar refractivity (Wildman–Crippen MR) is 56.7 cm³/mol. The molecule has 0 N–H and O–H groups in total. The molecule has 0 spiro atoms. The molecule has 14 heavy (non-hydrogen) atoms. The number of methoxy groups -OCH3 is 1. The van der Waals surface area contributed by atoms with Crippen molar-refractivity contribution in [2.45, 2.75) is 5.85 Å². The number of hydrogen-bond donors (Lipinski definition) is 0. The smallest absolute Gasteiger partial charge is 0.322 e. The Morgan fingerprint density at radius 2 is 1.86 bits per heavy atom. The number of ether oxygens (including phenoxy) is 1. The second-order valence-corrected chi connectivity index (χ2v) is 5.99. The van der Waals surface area contributed by atoms with Crippen molar-refractivity contribution in [3.63, 3.8) is 0 Å². The Hall–Kier alpha value is -0.340. The SMILES string of the molecule is CO[C@@H](c1ccccc1)P(=O)(Cl)OC. The molecule has 0 aliphatic heterocycles. The van der Waals surface area contributed by atoms with Crippen molar-refractivity contribution in [3.8, 4) is 0 Å². The van der Waals surface area contributed by atoms with Gasteiger partial charge in [-0.2, -0.15) is 0 Å². The highest BCUT2D eigenvalue weighted by Crippen LogP contribution is 2.63. The zero-order valence-electron chi connectivity index (χ0n) is 8.01. The molecule has 0 amide bonds. The molecule has 0 radical (unpaired) electrons. The highest BCUT2D eigenvalue weighted by atomic mass is 35.7. The van der Waals surface area contributed by atoms with Gasteiger partial charge in [0.1, 0.15) is 0 Å². The molecule has 3 nitrogen and oxygen atoms in total. The van der Waals surface area contributed by atoms with Crippen molar-refractivity contribution in [2.24, 2.45) is 0 Å². The molecule has 1 aromatic carbocycles. The quantitative estimate of drug-likeness (QED) is 0.749. The Morgan fingerprint density at radius 1 is 1.29 bits per heavy atom. The summed E-state index contributed by atoms with van der Waals surface area (Å²) in [4.78, 5) is 0. The standard InChI is InChI=1S/C9H12ClO3P/c1-12-9(14(10,11)13-2)8-6-4-3-5-7-8/h3-7,9H,1-2H3/t9-,14?/m1/s1. The lowest BCUT2D eigenvalue weighted by Crippen LogP contribution is -2.00. The van der Waals surface area contributed by atoms with E-state index >= 15 is 0 Å². The summed E-state index contributed by atoms with van der Waals surface area (Å²) in [5.74, 6) is -0.713. The summed E-state index contributed by atoms with van der Waals surface area (Å²) in [6.45, 7) is -3.26. The van der Waals surface area contributed by atoms with Gasteiger partial charge in [-0.3, -0.25) is 4.57 Å². The fraction of sp³-hybridized carbons (Fsp3) is 0.333. The monoisotopic (exact) mass is 234 g/mol. The van der Waals surface area contributed by atoms with Gasteiger partial charge in [-0.25, -0.2) is 0 Å². The van der Waals surface area contributed by atoms with Gasteiger partial charge < -0.3 is 9.26 Å². The van der Waals surface area contributed by atoms with Gasteiger partial charge >= 0.3 is 6.72 Å². The van der Waals surface area contributed by atoms with E-state index in [0.717, 1.165) is 5.56 Å². The summed E-state index contributed by atoms with van der Waals surface area (Å²) in [5, 5.41) is 0. The van der Waals surface area contributed by atoms with Gasteiger partial charge in [0, 0.05) is 14.2 Å². The lowest BCUT2D eigenvalue weighted by atomic mass is 10.2. The van der Waals surface area contributed by atoms with Crippen LogP contribution in [0.25, 0.3) is 0 Å². The normalized spacial score (nSPS) is 17.4. The summed E-state index contributed by atoms with van der Waals surface area (Å²) >= 11 is 5.73. The largest absolute Gasteiger partial charge is 0.365 e.